The Labute approximate surface area is 143 Å². The smallest absolute Gasteiger partial charge is 0.267 e. The van der Waals surface area contributed by atoms with Crippen molar-refractivity contribution in [2.24, 2.45) is 0 Å². The summed E-state index contributed by atoms with van der Waals surface area (Å²) in [4.78, 5) is 13.3. The van der Waals surface area contributed by atoms with Crippen molar-refractivity contribution in [3.63, 3.8) is 0 Å². The molecule has 0 aliphatic carbocycles. The zero-order chi connectivity index (χ0) is 17.5. The molecule has 128 valence electrons. The lowest BCUT2D eigenvalue weighted by Gasteiger charge is -2.22. The van der Waals surface area contributed by atoms with Gasteiger partial charge in [0.2, 0.25) is 0 Å². The van der Waals surface area contributed by atoms with E-state index >= 15 is 0 Å². The van der Waals surface area contributed by atoms with Crippen LogP contribution in [0.15, 0.2) is 48.1 Å². The maximum Gasteiger partial charge on any atom is 0.267 e. The molecule has 0 bridgehead atoms. The lowest BCUT2D eigenvalue weighted by Crippen LogP contribution is -2.32. The van der Waals surface area contributed by atoms with Gasteiger partial charge in [0.15, 0.2) is 0 Å². The SMILES string of the molecule is C/C=C\C=C(/C)CCC1Nc2cc(/C=C/C(=O)NO)ccc2N1C. The van der Waals surface area contributed by atoms with Crippen LogP contribution >= 0.6 is 0 Å². The largest absolute Gasteiger partial charge is 0.363 e. The molecule has 5 nitrogen and oxygen atoms in total. The van der Waals surface area contributed by atoms with Gasteiger partial charge in [-0.1, -0.05) is 29.9 Å². The number of hydrogen-bond donors (Lipinski definition) is 3. The van der Waals surface area contributed by atoms with Crippen molar-refractivity contribution < 1.29 is 10.0 Å². The van der Waals surface area contributed by atoms with Gasteiger partial charge in [-0.05, 0) is 50.5 Å². The number of anilines is 2. The molecule has 0 radical (unpaired) electrons. The molecule has 5 heteroatoms. The number of carbonyl (C=O) groups is 1. The summed E-state index contributed by atoms with van der Waals surface area (Å²) in [5.74, 6) is -0.540. The predicted molar refractivity (Wildman–Crippen MR) is 99.0 cm³/mol. The van der Waals surface area contributed by atoms with E-state index in [0.717, 1.165) is 29.8 Å². The van der Waals surface area contributed by atoms with Gasteiger partial charge in [-0.15, -0.1) is 0 Å². The fraction of sp³-hybridized carbons (Fsp3) is 0.316. The van der Waals surface area contributed by atoms with Crippen molar-refractivity contribution in [2.45, 2.75) is 32.9 Å². The van der Waals surface area contributed by atoms with Crippen LogP contribution in [-0.2, 0) is 4.79 Å². The van der Waals surface area contributed by atoms with Gasteiger partial charge in [-0.2, -0.15) is 0 Å². The highest BCUT2D eigenvalue weighted by molar-refractivity contribution is 5.91. The topological polar surface area (TPSA) is 64.6 Å². The third kappa shape index (κ3) is 4.49. The van der Waals surface area contributed by atoms with Crippen LogP contribution in [0.1, 0.15) is 32.3 Å². The zero-order valence-corrected chi connectivity index (χ0v) is 14.4. The second-order valence-electron chi connectivity index (χ2n) is 5.93. The minimum atomic E-state index is -0.540. The van der Waals surface area contributed by atoms with Crippen molar-refractivity contribution >= 4 is 23.4 Å². The van der Waals surface area contributed by atoms with Crippen LogP contribution in [-0.4, -0.2) is 24.3 Å². The first-order valence-corrected chi connectivity index (χ1v) is 8.09. The summed E-state index contributed by atoms with van der Waals surface area (Å²) >= 11 is 0. The summed E-state index contributed by atoms with van der Waals surface area (Å²) in [6.45, 7) is 4.17. The molecule has 1 heterocycles. The van der Waals surface area contributed by atoms with Crippen LogP contribution in [0.25, 0.3) is 6.08 Å². The molecule has 1 aromatic rings. The third-order valence-corrected chi connectivity index (χ3v) is 4.11. The first-order valence-electron chi connectivity index (χ1n) is 8.09. The predicted octanol–water partition coefficient (Wildman–Crippen LogP) is 3.70. The Bertz CT molecular complexity index is 677. The van der Waals surface area contributed by atoms with Crippen LogP contribution in [0.5, 0.6) is 0 Å². The summed E-state index contributed by atoms with van der Waals surface area (Å²) < 4.78 is 0. The summed E-state index contributed by atoms with van der Waals surface area (Å²) in [6.07, 6.45) is 11.5. The second kappa shape index (κ2) is 8.36. The number of carbonyl (C=O) groups excluding carboxylic acids is 1. The van der Waals surface area contributed by atoms with Gasteiger partial charge in [0, 0.05) is 13.1 Å². The molecule has 1 aliphatic rings. The number of fused-ring (bicyclic) bond motifs is 1. The number of nitrogens with zero attached hydrogens (tertiary/aromatic N) is 1. The molecule has 0 saturated carbocycles. The highest BCUT2D eigenvalue weighted by Crippen LogP contribution is 2.36. The van der Waals surface area contributed by atoms with Gasteiger partial charge in [0.1, 0.15) is 0 Å². The summed E-state index contributed by atoms with van der Waals surface area (Å²) in [5.41, 5.74) is 6.06. The Morgan fingerprint density at radius 2 is 2.25 bits per heavy atom. The summed E-state index contributed by atoms with van der Waals surface area (Å²) in [5, 5.41) is 12.1. The Morgan fingerprint density at radius 3 is 2.96 bits per heavy atom. The number of nitrogens with one attached hydrogen (secondary N) is 2. The fourth-order valence-corrected chi connectivity index (χ4v) is 2.71. The second-order valence-corrected chi connectivity index (χ2v) is 5.93. The molecule has 1 amide bonds. The molecule has 24 heavy (non-hydrogen) atoms. The van der Waals surface area contributed by atoms with E-state index in [-0.39, 0.29) is 6.17 Å². The first-order chi connectivity index (χ1) is 11.5. The average Bonchev–Trinajstić information content (AvgIpc) is 2.91. The quantitative estimate of drug-likeness (QED) is 0.323. The molecule has 3 N–H and O–H groups in total. The van der Waals surface area contributed by atoms with Gasteiger partial charge in [-0.3, -0.25) is 10.0 Å². The Kier molecular flexibility index (Phi) is 6.21. The van der Waals surface area contributed by atoms with E-state index in [4.69, 9.17) is 5.21 Å². The van der Waals surface area contributed by atoms with Gasteiger partial charge in [0.25, 0.3) is 5.91 Å². The van der Waals surface area contributed by atoms with Crippen LogP contribution in [0.2, 0.25) is 0 Å². The minimum absolute atomic E-state index is 0.258. The molecule has 1 unspecified atom stereocenters. The molecule has 2 rings (SSSR count). The number of hydroxylamine groups is 1. The van der Waals surface area contributed by atoms with E-state index in [1.54, 1.807) is 11.6 Å². The van der Waals surface area contributed by atoms with Gasteiger partial charge >= 0.3 is 0 Å². The number of hydrogen-bond acceptors (Lipinski definition) is 4. The van der Waals surface area contributed by atoms with Gasteiger partial charge < -0.3 is 10.2 Å². The molecule has 1 aliphatic heterocycles. The van der Waals surface area contributed by atoms with Crippen molar-refractivity contribution in [1.29, 1.82) is 0 Å². The highest BCUT2D eigenvalue weighted by atomic mass is 16.5. The average molecular weight is 327 g/mol. The zero-order valence-electron chi connectivity index (χ0n) is 14.4. The van der Waals surface area contributed by atoms with Crippen molar-refractivity contribution in [3.8, 4) is 0 Å². The standard InChI is InChI=1S/C19H25N3O2/c1-4-5-6-14(2)7-11-18-20-16-13-15(9-12-19(23)21-24)8-10-17(16)22(18)3/h4-6,8-10,12-13,18,20,24H,7,11H2,1-3H3,(H,21,23)/b5-4-,12-9+,14-6+. The minimum Gasteiger partial charge on any atom is -0.363 e. The number of benzene rings is 1. The molecule has 0 spiro atoms. The number of amides is 1. The molecule has 1 atom stereocenters. The lowest BCUT2D eigenvalue weighted by atomic mass is 10.1. The lowest BCUT2D eigenvalue weighted by molar-refractivity contribution is -0.124. The van der Waals surface area contributed by atoms with E-state index in [1.807, 2.05) is 31.2 Å². The molecular weight excluding hydrogens is 302 g/mol. The normalized spacial score (nSPS) is 17.4. The van der Waals surface area contributed by atoms with Crippen LogP contribution in [0, 0.1) is 0 Å². The number of allylic oxidation sites excluding steroid dienone is 4. The molecule has 0 saturated heterocycles. The molecule has 0 aromatic heterocycles. The first kappa shape index (κ1) is 17.8. The van der Waals surface area contributed by atoms with E-state index in [2.05, 4.69) is 36.3 Å². The fourth-order valence-electron chi connectivity index (χ4n) is 2.71. The maximum absolute atomic E-state index is 11.1. The number of rotatable bonds is 6. The summed E-state index contributed by atoms with van der Waals surface area (Å²) in [7, 11) is 2.09. The Hall–Kier alpha value is -2.53. The Morgan fingerprint density at radius 1 is 1.46 bits per heavy atom. The molecule has 0 fully saturated rings. The van der Waals surface area contributed by atoms with Crippen LogP contribution < -0.4 is 15.7 Å². The molecular formula is C19H25N3O2. The summed E-state index contributed by atoms with van der Waals surface area (Å²) in [6, 6.07) is 6.01. The van der Waals surface area contributed by atoms with E-state index < -0.39 is 5.91 Å². The van der Waals surface area contributed by atoms with Crippen molar-refractivity contribution in [3.05, 3.63) is 53.6 Å². The van der Waals surface area contributed by atoms with E-state index in [1.165, 1.54) is 11.6 Å². The molecule has 1 aromatic carbocycles. The Balaban J connectivity index is 2.03. The highest BCUT2D eigenvalue weighted by Gasteiger charge is 2.25. The maximum atomic E-state index is 11.1. The van der Waals surface area contributed by atoms with Crippen LogP contribution in [0.4, 0.5) is 11.4 Å². The van der Waals surface area contributed by atoms with Crippen molar-refractivity contribution in [1.82, 2.24) is 5.48 Å². The van der Waals surface area contributed by atoms with Crippen molar-refractivity contribution in [2.75, 3.05) is 17.3 Å². The van der Waals surface area contributed by atoms with E-state index in [0.29, 0.717) is 0 Å². The van der Waals surface area contributed by atoms with E-state index in [9.17, 15) is 4.79 Å². The third-order valence-electron chi connectivity index (χ3n) is 4.11. The van der Waals surface area contributed by atoms with Crippen LogP contribution in [0.3, 0.4) is 0 Å². The van der Waals surface area contributed by atoms with Gasteiger partial charge in [0.05, 0.1) is 17.5 Å². The van der Waals surface area contributed by atoms with Gasteiger partial charge in [-0.25, -0.2) is 5.48 Å². The monoisotopic (exact) mass is 327 g/mol.